The van der Waals surface area contributed by atoms with Crippen molar-refractivity contribution < 1.29 is 17.9 Å². The number of ketones is 1. The van der Waals surface area contributed by atoms with Crippen LogP contribution < -0.4 is 10.7 Å². The molecule has 0 spiro atoms. The summed E-state index contributed by atoms with van der Waals surface area (Å²) in [5, 5.41) is 0. The smallest absolute Gasteiger partial charge is 0.253 e. The summed E-state index contributed by atoms with van der Waals surface area (Å²) in [5.74, 6) is 4.50. The molecule has 1 atom stereocenters. The van der Waals surface area contributed by atoms with E-state index in [-0.39, 0.29) is 17.3 Å². The third kappa shape index (κ3) is 2.84. The lowest BCUT2D eigenvalue weighted by Gasteiger charge is -2.23. The van der Waals surface area contributed by atoms with Crippen molar-refractivity contribution in [1.82, 2.24) is 4.83 Å². The minimum Gasteiger partial charge on any atom is -0.380 e. The maximum atomic E-state index is 11.9. The van der Waals surface area contributed by atoms with E-state index in [0.29, 0.717) is 18.6 Å². The zero-order valence-electron chi connectivity index (χ0n) is 10.5. The van der Waals surface area contributed by atoms with Crippen LogP contribution in [0.5, 0.6) is 0 Å². The molecule has 1 aliphatic rings. The summed E-state index contributed by atoms with van der Waals surface area (Å²) in [6.45, 7) is 2.43. The molecule has 1 heterocycles. The first-order valence-corrected chi connectivity index (χ1v) is 7.37. The fourth-order valence-electron chi connectivity index (χ4n) is 2.15. The molecular formula is C12H16N2O4S. The van der Waals surface area contributed by atoms with E-state index in [1.54, 1.807) is 17.0 Å². The van der Waals surface area contributed by atoms with Crippen LogP contribution in [0.15, 0.2) is 23.1 Å². The number of hydrazine groups is 1. The van der Waals surface area contributed by atoms with Gasteiger partial charge in [-0.3, -0.25) is 10.6 Å². The van der Waals surface area contributed by atoms with Gasteiger partial charge in [-0.2, -0.15) is 4.83 Å². The van der Waals surface area contributed by atoms with Crippen molar-refractivity contribution in [3.8, 4) is 0 Å². The van der Waals surface area contributed by atoms with Crippen LogP contribution in [-0.4, -0.2) is 27.4 Å². The molecule has 19 heavy (non-hydrogen) atoms. The third-order valence-corrected chi connectivity index (χ3v) is 4.41. The minimum atomic E-state index is -3.80. The number of rotatable bonds is 3. The van der Waals surface area contributed by atoms with Crippen LogP contribution in [0.2, 0.25) is 0 Å². The normalized spacial score (nSPS) is 20.5. The Morgan fingerprint density at radius 2 is 2.16 bits per heavy atom. The second-order valence-electron chi connectivity index (χ2n) is 4.51. The van der Waals surface area contributed by atoms with Gasteiger partial charge in [-0.05, 0) is 18.6 Å². The molecular weight excluding hydrogens is 268 g/mol. The van der Waals surface area contributed by atoms with Gasteiger partial charge in [0.05, 0.1) is 24.0 Å². The van der Waals surface area contributed by atoms with Gasteiger partial charge < -0.3 is 4.74 Å². The molecule has 0 radical (unpaired) electrons. The number of sulfonamides is 1. The number of hydrogen-bond donors (Lipinski definition) is 2. The van der Waals surface area contributed by atoms with Gasteiger partial charge in [0.15, 0.2) is 0 Å². The van der Waals surface area contributed by atoms with Crippen LogP contribution >= 0.6 is 0 Å². The SMILES string of the molecule is Cc1ccc(S(=O)(=O)NN)c(C2COCCC2=O)c1. The standard InChI is InChI=1S/C12H16N2O4S/c1-8-2-3-12(19(16,17)14-13)9(6-8)10-7-18-5-4-11(10)15/h2-3,6,10,14H,4-5,7,13H2,1H3. The van der Waals surface area contributed by atoms with E-state index in [1.807, 2.05) is 6.92 Å². The second-order valence-corrected chi connectivity index (χ2v) is 6.19. The van der Waals surface area contributed by atoms with E-state index in [1.165, 1.54) is 6.07 Å². The van der Waals surface area contributed by atoms with Crippen molar-refractivity contribution in [1.29, 1.82) is 0 Å². The lowest BCUT2D eigenvalue weighted by molar-refractivity contribution is -0.126. The average Bonchev–Trinajstić information content (AvgIpc) is 2.39. The highest BCUT2D eigenvalue weighted by atomic mass is 32.2. The Morgan fingerprint density at radius 3 is 2.79 bits per heavy atom. The molecule has 1 unspecified atom stereocenters. The summed E-state index contributed by atoms with van der Waals surface area (Å²) in [7, 11) is -3.80. The Labute approximate surface area is 112 Å². The van der Waals surface area contributed by atoms with Gasteiger partial charge in [0.25, 0.3) is 10.0 Å². The monoisotopic (exact) mass is 284 g/mol. The summed E-state index contributed by atoms with van der Waals surface area (Å²) in [5.41, 5.74) is 1.33. The van der Waals surface area contributed by atoms with Gasteiger partial charge in [-0.15, -0.1) is 0 Å². The first-order valence-electron chi connectivity index (χ1n) is 5.89. The molecule has 2 rings (SSSR count). The van der Waals surface area contributed by atoms with Crippen molar-refractivity contribution in [3.05, 3.63) is 29.3 Å². The first-order chi connectivity index (χ1) is 8.95. The molecule has 104 valence electrons. The Hall–Kier alpha value is -1.28. The molecule has 6 nitrogen and oxygen atoms in total. The molecule has 1 aromatic carbocycles. The van der Waals surface area contributed by atoms with Gasteiger partial charge in [-0.1, -0.05) is 17.7 Å². The van der Waals surface area contributed by atoms with Crippen molar-refractivity contribution in [2.75, 3.05) is 13.2 Å². The van der Waals surface area contributed by atoms with E-state index in [9.17, 15) is 13.2 Å². The average molecular weight is 284 g/mol. The summed E-state index contributed by atoms with van der Waals surface area (Å²) < 4.78 is 29.1. The van der Waals surface area contributed by atoms with E-state index < -0.39 is 15.9 Å². The Morgan fingerprint density at radius 1 is 1.42 bits per heavy atom. The van der Waals surface area contributed by atoms with Crippen LogP contribution in [0.25, 0.3) is 0 Å². The number of Topliss-reactive ketones (excluding diaryl/α,β-unsaturated/α-hetero) is 1. The molecule has 0 aliphatic carbocycles. The molecule has 1 fully saturated rings. The minimum absolute atomic E-state index is 0.00896. The van der Waals surface area contributed by atoms with Crippen LogP contribution in [0.1, 0.15) is 23.5 Å². The van der Waals surface area contributed by atoms with Crippen molar-refractivity contribution in [2.24, 2.45) is 5.84 Å². The Balaban J connectivity index is 2.54. The van der Waals surface area contributed by atoms with Gasteiger partial charge in [0.1, 0.15) is 5.78 Å². The molecule has 0 saturated carbocycles. The quantitative estimate of drug-likeness (QED) is 0.611. The third-order valence-electron chi connectivity index (χ3n) is 3.15. The number of carbonyl (C=O) groups excluding carboxylic acids is 1. The van der Waals surface area contributed by atoms with E-state index in [2.05, 4.69) is 0 Å². The fraction of sp³-hybridized carbons (Fsp3) is 0.417. The number of ether oxygens (including phenoxy) is 1. The zero-order valence-corrected chi connectivity index (χ0v) is 11.4. The van der Waals surface area contributed by atoms with E-state index >= 15 is 0 Å². The highest BCUT2D eigenvalue weighted by Gasteiger charge is 2.30. The largest absolute Gasteiger partial charge is 0.380 e. The number of nitrogens with two attached hydrogens (primary N) is 1. The molecule has 0 amide bonds. The molecule has 0 bridgehead atoms. The molecule has 0 aromatic heterocycles. The Kier molecular flexibility index (Phi) is 4.00. The number of aryl methyl sites for hydroxylation is 1. The molecule has 1 aliphatic heterocycles. The van der Waals surface area contributed by atoms with Crippen LogP contribution in [0.3, 0.4) is 0 Å². The van der Waals surface area contributed by atoms with Crippen LogP contribution in [-0.2, 0) is 19.6 Å². The summed E-state index contributed by atoms with van der Waals surface area (Å²) in [6, 6.07) is 4.82. The van der Waals surface area contributed by atoms with E-state index in [0.717, 1.165) is 5.56 Å². The summed E-state index contributed by atoms with van der Waals surface area (Å²) >= 11 is 0. The van der Waals surface area contributed by atoms with Crippen LogP contribution in [0, 0.1) is 6.92 Å². The second kappa shape index (κ2) is 5.38. The molecule has 7 heteroatoms. The van der Waals surface area contributed by atoms with Gasteiger partial charge in [0.2, 0.25) is 0 Å². The summed E-state index contributed by atoms with van der Waals surface area (Å²) in [4.78, 5) is 13.8. The van der Waals surface area contributed by atoms with Crippen molar-refractivity contribution in [3.63, 3.8) is 0 Å². The topological polar surface area (TPSA) is 98.5 Å². The highest BCUT2D eigenvalue weighted by Crippen LogP contribution is 2.29. The molecule has 1 saturated heterocycles. The van der Waals surface area contributed by atoms with Crippen molar-refractivity contribution >= 4 is 15.8 Å². The van der Waals surface area contributed by atoms with E-state index in [4.69, 9.17) is 10.6 Å². The molecule has 1 aromatic rings. The van der Waals surface area contributed by atoms with Gasteiger partial charge in [0, 0.05) is 6.42 Å². The number of nitrogens with one attached hydrogen (secondary N) is 1. The van der Waals surface area contributed by atoms with Crippen molar-refractivity contribution in [2.45, 2.75) is 24.2 Å². The number of benzene rings is 1. The highest BCUT2D eigenvalue weighted by molar-refractivity contribution is 7.89. The fourth-order valence-corrected chi connectivity index (χ4v) is 3.04. The Bertz CT molecular complexity index is 598. The van der Waals surface area contributed by atoms with Gasteiger partial charge >= 0.3 is 0 Å². The maximum Gasteiger partial charge on any atom is 0.253 e. The molecule has 3 N–H and O–H groups in total. The maximum absolute atomic E-state index is 11.9. The lowest BCUT2D eigenvalue weighted by Crippen LogP contribution is -2.33. The first kappa shape index (κ1) is 14.1. The number of carbonyl (C=O) groups is 1. The zero-order chi connectivity index (χ0) is 14.0. The summed E-state index contributed by atoms with van der Waals surface area (Å²) in [6.07, 6.45) is 0.300. The lowest BCUT2D eigenvalue weighted by atomic mass is 9.91. The van der Waals surface area contributed by atoms with Crippen LogP contribution in [0.4, 0.5) is 0 Å². The predicted octanol–water partition coefficient (Wildman–Crippen LogP) is 0.220. The predicted molar refractivity (Wildman–Crippen MR) is 68.9 cm³/mol. The number of hydrogen-bond acceptors (Lipinski definition) is 5. The van der Waals surface area contributed by atoms with Gasteiger partial charge in [-0.25, -0.2) is 8.42 Å².